The quantitative estimate of drug-likeness (QED) is 0.422. The van der Waals surface area contributed by atoms with E-state index in [1.807, 2.05) is 53.2 Å². The molecular weight excluding hydrogens is 404 g/mol. The molecule has 6 nitrogen and oxygen atoms in total. The summed E-state index contributed by atoms with van der Waals surface area (Å²) in [7, 11) is 0. The highest BCUT2D eigenvalue weighted by Crippen LogP contribution is 2.33. The van der Waals surface area contributed by atoms with Crippen LogP contribution in [-0.4, -0.2) is 28.5 Å². The maximum Gasteiger partial charge on any atom is 0.263 e. The van der Waals surface area contributed by atoms with E-state index in [0.717, 1.165) is 29.1 Å². The molecule has 0 aliphatic rings. The van der Waals surface area contributed by atoms with Gasteiger partial charge in [-0.1, -0.05) is 24.3 Å². The third-order valence-electron chi connectivity index (χ3n) is 4.44. The van der Waals surface area contributed by atoms with Gasteiger partial charge in [0.2, 0.25) is 5.91 Å². The van der Waals surface area contributed by atoms with Gasteiger partial charge < -0.3 is 10.6 Å². The zero-order valence-corrected chi connectivity index (χ0v) is 17.3. The Morgan fingerprint density at radius 2 is 1.93 bits per heavy atom. The number of para-hydroxylation sites is 1. The van der Waals surface area contributed by atoms with Crippen LogP contribution < -0.4 is 16.2 Å². The summed E-state index contributed by atoms with van der Waals surface area (Å²) in [6.07, 6.45) is 2.25. The Balaban J connectivity index is 1.35. The van der Waals surface area contributed by atoms with Gasteiger partial charge in [0, 0.05) is 34.6 Å². The van der Waals surface area contributed by atoms with E-state index in [2.05, 4.69) is 15.6 Å². The minimum atomic E-state index is -0.194. The molecule has 2 N–H and O–H groups in total. The number of nitrogens with zero attached hydrogens (tertiary/aromatic N) is 2. The molecular formula is C21H20N4O2S2. The lowest BCUT2D eigenvalue weighted by Gasteiger charge is -2.09. The number of benzene rings is 1. The number of fused-ring (bicyclic) bond motifs is 1. The van der Waals surface area contributed by atoms with Gasteiger partial charge in [0.25, 0.3) is 5.56 Å². The number of nitrogens with one attached hydrogen (secondary N) is 2. The molecule has 0 aliphatic carbocycles. The number of anilines is 1. The highest BCUT2D eigenvalue weighted by Gasteiger charge is 2.15. The van der Waals surface area contributed by atoms with Gasteiger partial charge >= 0.3 is 0 Å². The van der Waals surface area contributed by atoms with Crippen LogP contribution >= 0.6 is 22.7 Å². The summed E-state index contributed by atoms with van der Waals surface area (Å²) in [5.41, 5.74) is 1.77. The molecule has 4 rings (SSSR count). The van der Waals surface area contributed by atoms with Crippen molar-refractivity contribution in [3.05, 3.63) is 69.9 Å². The van der Waals surface area contributed by atoms with Crippen LogP contribution in [0.4, 0.5) is 5.69 Å². The molecule has 0 atom stereocenters. The second-order valence-electron chi connectivity index (χ2n) is 6.48. The van der Waals surface area contributed by atoms with Crippen molar-refractivity contribution in [2.75, 3.05) is 18.4 Å². The van der Waals surface area contributed by atoms with Crippen LogP contribution in [0.5, 0.6) is 0 Å². The number of rotatable bonds is 8. The number of carbonyl (C=O) groups excluding carboxylic acids is 1. The van der Waals surface area contributed by atoms with Crippen LogP contribution in [0.1, 0.15) is 6.42 Å². The van der Waals surface area contributed by atoms with Crippen LogP contribution in [0.2, 0.25) is 0 Å². The van der Waals surface area contributed by atoms with Crippen molar-refractivity contribution < 1.29 is 4.79 Å². The fourth-order valence-corrected chi connectivity index (χ4v) is 4.73. The lowest BCUT2D eigenvalue weighted by atomic mass is 10.2. The van der Waals surface area contributed by atoms with Crippen molar-refractivity contribution in [3.63, 3.8) is 0 Å². The summed E-state index contributed by atoms with van der Waals surface area (Å²) in [5, 5.41) is 10.7. The van der Waals surface area contributed by atoms with Gasteiger partial charge in [-0.15, -0.1) is 22.7 Å². The first-order valence-corrected chi connectivity index (χ1v) is 11.0. The third-order valence-corrected chi connectivity index (χ3v) is 6.23. The van der Waals surface area contributed by atoms with E-state index >= 15 is 0 Å². The topological polar surface area (TPSA) is 76.0 Å². The molecule has 0 bridgehead atoms. The van der Waals surface area contributed by atoms with Crippen molar-refractivity contribution >= 4 is 44.5 Å². The van der Waals surface area contributed by atoms with Crippen molar-refractivity contribution in [2.45, 2.75) is 13.0 Å². The van der Waals surface area contributed by atoms with E-state index in [-0.39, 0.29) is 18.0 Å². The van der Waals surface area contributed by atoms with Gasteiger partial charge in [-0.05, 0) is 30.0 Å². The van der Waals surface area contributed by atoms with E-state index in [9.17, 15) is 9.59 Å². The second-order valence-corrected chi connectivity index (χ2v) is 8.29. The maximum absolute atomic E-state index is 12.9. The van der Waals surface area contributed by atoms with Gasteiger partial charge in [-0.25, -0.2) is 4.98 Å². The first kappa shape index (κ1) is 19.4. The van der Waals surface area contributed by atoms with Gasteiger partial charge in [-0.2, -0.15) is 0 Å². The molecule has 4 aromatic rings. The highest BCUT2D eigenvalue weighted by molar-refractivity contribution is 7.18. The highest BCUT2D eigenvalue weighted by atomic mass is 32.1. The van der Waals surface area contributed by atoms with Crippen molar-refractivity contribution in [1.82, 2.24) is 14.9 Å². The van der Waals surface area contributed by atoms with Crippen LogP contribution in [0.15, 0.2) is 64.3 Å². The molecule has 0 radical (unpaired) electrons. The zero-order valence-electron chi connectivity index (χ0n) is 15.6. The molecule has 1 amide bonds. The van der Waals surface area contributed by atoms with E-state index in [1.165, 1.54) is 22.2 Å². The van der Waals surface area contributed by atoms with Gasteiger partial charge in [0.15, 0.2) is 0 Å². The molecule has 0 fully saturated rings. The minimum Gasteiger partial charge on any atom is -0.385 e. The fraction of sp³-hybridized carbons (Fsp3) is 0.190. The Morgan fingerprint density at radius 1 is 1.07 bits per heavy atom. The van der Waals surface area contributed by atoms with Crippen LogP contribution in [0.3, 0.4) is 0 Å². The number of amides is 1. The number of hydrogen-bond donors (Lipinski definition) is 2. The normalized spacial score (nSPS) is 10.9. The molecule has 0 unspecified atom stereocenters. The zero-order chi connectivity index (χ0) is 20.1. The lowest BCUT2D eigenvalue weighted by Crippen LogP contribution is -2.33. The predicted molar refractivity (Wildman–Crippen MR) is 120 cm³/mol. The molecule has 148 valence electrons. The molecule has 1 aromatic carbocycles. The molecule has 0 saturated carbocycles. The Labute approximate surface area is 175 Å². The molecule has 29 heavy (non-hydrogen) atoms. The van der Waals surface area contributed by atoms with Gasteiger partial charge in [-0.3, -0.25) is 14.2 Å². The Bertz CT molecular complexity index is 1150. The lowest BCUT2D eigenvalue weighted by molar-refractivity contribution is -0.121. The molecule has 8 heteroatoms. The standard InChI is InChI=1S/C21H20N4O2S2/c26-18(23-10-5-9-22-15-6-2-1-3-7-15)12-25-14-24-20-19(21(25)27)16(13-29-20)17-8-4-11-28-17/h1-4,6-8,11,13-14,22H,5,9-10,12H2,(H,23,26). The number of thiophene rings is 2. The summed E-state index contributed by atoms with van der Waals surface area (Å²) < 4.78 is 1.38. The van der Waals surface area contributed by atoms with E-state index < -0.39 is 0 Å². The molecule has 0 saturated heterocycles. The Morgan fingerprint density at radius 3 is 2.72 bits per heavy atom. The molecule has 0 spiro atoms. The largest absolute Gasteiger partial charge is 0.385 e. The average molecular weight is 425 g/mol. The first-order valence-electron chi connectivity index (χ1n) is 9.28. The monoisotopic (exact) mass is 424 g/mol. The van der Waals surface area contributed by atoms with Crippen molar-refractivity contribution in [3.8, 4) is 10.4 Å². The van der Waals surface area contributed by atoms with Crippen LogP contribution in [0.25, 0.3) is 20.7 Å². The van der Waals surface area contributed by atoms with Crippen molar-refractivity contribution in [1.29, 1.82) is 0 Å². The SMILES string of the molecule is O=C(Cn1cnc2scc(-c3cccs3)c2c1=O)NCCCNc1ccccc1. The Hall–Kier alpha value is -2.97. The summed E-state index contributed by atoms with van der Waals surface area (Å²) in [6.45, 7) is 1.27. The summed E-state index contributed by atoms with van der Waals surface area (Å²) in [4.78, 5) is 31.3. The number of hydrogen-bond acceptors (Lipinski definition) is 6. The minimum absolute atomic E-state index is 0.0341. The molecule has 0 aliphatic heterocycles. The first-order chi connectivity index (χ1) is 14.2. The van der Waals surface area contributed by atoms with Crippen molar-refractivity contribution in [2.24, 2.45) is 0 Å². The summed E-state index contributed by atoms with van der Waals surface area (Å²) in [6, 6.07) is 13.9. The average Bonchev–Trinajstić information content (AvgIpc) is 3.40. The van der Waals surface area contributed by atoms with E-state index in [1.54, 1.807) is 11.3 Å². The maximum atomic E-state index is 12.9. The van der Waals surface area contributed by atoms with Gasteiger partial charge in [0.1, 0.15) is 11.4 Å². The van der Waals surface area contributed by atoms with Crippen LogP contribution in [-0.2, 0) is 11.3 Å². The Kier molecular flexibility index (Phi) is 6.02. The fourth-order valence-electron chi connectivity index (χ4n) is 3.01. The molecule has 3 aromatic heterocycles. The van der Waals surface area contributed by atoms with Crippen LogP contribution in [0, 0.1) is 0 Å². The summed E-state index contributed by atoms with van der Waals surface area (Å²) in [5.74, 6) is -0.194. The summed E-state index contributed by atoms with van der Waals surface area (Å²) >= 11 is 3.03. The number of aromatic nitrogens is 2. The van der Waals surface area contributed by atoms with E-state index in [4.69, 9.17) is 0 Å². The number of carbonyl (C=O) groups is 1. The third kappa shape index (κ3) is 4.55. The van der Waals surface area contributed by atoms with E-state index in [0.29, 0.717) is 16.8 Å². The smallest absolute Gasteiger partial charge is 0.263 e. The predicted octanol–water partition coefficient (Wildman–Crippen LogP) is 3.80. The second kappa shape index (κ2) is 9.02. The van der Waals surface area contributed by atoms with Gasteiger partial charge in [0.05, 0.1) is 11.7 Å². The molecule has 3 heterocycles.